The average Bonchev–Trinajstić information content (AvgIpc) is 2.25. The van der Waals surface area contributed by atoms with E-state index in [9.17, 15) is 0 Å². The number of hydrogen-bond acceptors (Lipinski definition) is 4. The van der Waals surface area contributed by atoms with E-state index in [1.807, 2.05) is 17.8 Å². The van der Waals surface area contributed by atoms with Crippen LogP contribution in [0.25, 0.3) is 0 Å². The van der Waals surface area contributed by atoms with E-state index in [0.29, 0.717) is 6.54 Å². The first-order valence-corrected chi connectivity index (χ1v) is 6.03. The van der Waals surface area contributed by atoms with Crippen molar-refractivity contribution in [3.8, 4) is 0 Å². The molecule has 4 heteroatoms. The third-order valence-corrected chi connectivity index (χ3v) is 2.69. The van der Waals surface area contributed by atoms with Gasteiger partial charge in [-0.1, -0.05) is 0 Å². The monoisotopic (exact) mass is 211 g/mol. The lowest BCUT2D eigenvalue weighted by molar-refractivity contribution is 0.917. The van der Waals surface area contributed by atoms with Crippen molar-refractivity contribution in [1.29, 1.82) is 0 Å². The Morgan fingerprint density at radius 1 is 1.57 bits per heavy atom. The standard InChI is InChI=1S/C10H17N3S/c1-13(6-7-14-2)10-4-3-5-12-9(10)8-11/h3-5H,6-8,11H2,1-2H3. The Labute approximate surface area is 89.7 Å². The van der Waals surface area contributed by atoms with Gasteiger partial charge in [0, 0.05) is 32.1 Å². The zero-order chi connectivity index (χ0) is 10.4. The van der Waals surface area contributed by atoms with Crippen LogP contribution in [0.2, 0.25) is 0 Å². The van der Waals surface area contributed by atoms with Gasteiger partial charge in [-0.3, -0.25) is 4.98 Å². The van der Waals surface area contributed by atoms with E-state index < -0.39 is 0 Å². The zero-order valence-electron chi connectivity index (χ0n) is 8.73. The Balaban J connectivity index is 2.72. The molecule has 14 heavy (non-hydrogen) atoms. The number of aromatic nitrogens is 1. The first kappa shape index (κ1) is 11.3. The lowest BCUT2D eigenvalue weighted by Gasteiger charge is -2.20. The van der Waals surface area contributed by atoms with Gasteiger partial charge in [0.1, 0.15) is 0 Å². The second-order valence-corrected chi connectivity index (χ2v) is 4.07. The molecule has 0 amide bonds. The van der Waals surface area contributed by atoms with Gasteiger partial charge in [-0.25, -0.2) is 0 Å². The summed E-state index contributed by atoms with van der Waals surface area (Å²) in [7, 11) is 2.08. The molecule has 0 spiro atoms. The second-order valence-electron chi connectivity index (χ2n) is 3.09. The predicted molar refractivity (Wildman–Crippen MR) is 63.8 cm³/mol. The Kier molecular flexibility index (Phi) is 4.76. The molecule has 1 aromatic heterocycles. The highest BCUT2D eigenvalue weighted by molar-refractivity contribution is 7.98. The smallest absolute Gasteiger partial charge is 0.0772 e. The molecule has 0 aliphatic rings. The van der Waals surface area contributed by atoms with Crippen molar-refractivity contribution >= 4 is 17.4 Å². The van der Waals surface area contributed by atoms with E-state index in [0.717, 1.165) is 23.7 Å². The molecular weight excluding hydrogens is 194 g/mol. The largest absolute Gasteiger partial charge is 0.372 e. The summed E-state index contributed by atoms with van der Waals surface area (Å²) in [6.45, 7) is 1.53. The fourth-order valence-electron chi connectivity index (χ4n) is 1.28. The first-order chi connectivity index (χ1) is 6.79. The summed E-state index contributed by atoms with van der Waals surface area (Å²) < 4.78 is 0. The van der Waals surface area contributed by atoms with Gasteiger partial charge in [0.15, 0.2) is 0 Å². The van der Waals surface area contributed by atoms with Gasteiger partial charge in [-0.15, -0.1) is 0 Å². The molecule has 0 unspecified atom stereocenters. The molecule has 0 saturated heterocycles. The van der Waals surface area contributed by atoms with Crippen LogP contribution in [-0.2, 0) is 6.54 Å². The molecule has 2 N–H and O–H groups in total. The number of thioether (sulfide) groups is 1. The van der Waals surface area contributed by atoms with Gasteiger partial charge in [0.2, 0.25) is 0 Å². The third-order valence-electron chi connectivity index (χ3n) is 2.10. The van der Waals surface area contributed by atoms with Crippen molar-refractivity contribution in [3.63, 3.8) is 0 Å². The summed E-state index contributed by atoms with van der Waals surface area (Å²) in [5.74, 6) is 1.12. The van der Waals surface area contributed by atoms with E-state index >= 15 is 0 Å². The number of rotatable bonds is 5. The Bertz CT molecular complexity index is 278. The maximum atomic E-state index is 5.62. The van der Waals surface area contributed by atoms with Gasteiger partial charge < -0.3 is 10.6 Å². The van der Waals surface area contributed by atoms with Crippen LogP contribution in [0.4, 0.5) is 5.69 Å². The second kappa shape index (κ2) is 5.88. The summed E-state index contributed by atoms with van der Waals surface area (Å²) in [4.78, 5) is 6.45. The highest BCUT2D eigenvalue weighted by Gasteiger charge is 2.05. The zero-order valence-corrected chi connectivity index (χ0v) is 9.55. The minimum absolute atomic E-state index is 0.500. The van der Waals surface area contributed by atoms with E-state index in [1.54, 1.807) is 6.20 Å². The first-order valence-electron chi connectivity index (χ1n) is 4.63. The van der Waals surface area contributed by atoms with E-state index in [4.69, 9.17) is 5.73 Å². The van der Waals surface area contributed by atoms with Crippen LogP contribution in [0, 0.1) is 0 Å². The number of nitrogens with zero attached hydrogens (tertiary/aromatic N) is 2. The molecular formula is C10H17N3S. The molecule has 0 saturated carbocycles. The molecule has 1 aromatic rings. The van der Waals surface area contributed by atoms with Crippen molar-refractivity contribution in [3.05, 3.63) is 24.0 Å². The molecule has 3 nitrogen and oxygen atoms in total. The van der Waals surface area contributed by atoms with Crippen molar-refractivity contribution in [2.24, 2.45) is 5.73 Å². The van der Waals surface area contributed by atoms with Gasteiger partial charge >= 0.3 is 0 Å². The van der Waals surface area contributed by atoms with Crippen LogP contribution in [-0.4, -0.2) is 30.6 Å². The molecule has 78 valence electrons. The van der Waals surface area contributed by atoms with Crippen molar-refractivity contribution < 1.29 is 0 Å². The minimum atomic E-state index is 0.500. The molecule has 1 rings (SSSR count). The predicted octanol–water partition coefficient (Wildman–Crippen LogP) is 1.34. The van der Waals surface area contributed by atoms with Crippen LogP contribution >= 0.6 is 11.8 Å². The topological polar surface area (TPSA) is 42.2 Å². The number of nitrogens with two attached hydrogens (primary N) is 1. The summed E-state index contributed by atoms with van der Waals surface area (Å²) in [6, 6.07) is 4.01. The SMILES string of the molecule is CSCCN(C)c1cccnc1CN. The van der Waals surface area contributed by atoms with Gasteiger partial charge in [-0.2, -0.15) is 11.8 Å². The van der Waals surface area contributed by atoms with Gasteiger partial charge in [0.25, 0.3) is 0 Å². The maximum absolute atomic E-state index is 5.62. The number of hydrogen-bond donors (Lipinski definition) is 1. The average molecular weight is 211 g/mol. The van der Waals surface area contributed by atoms with Crippen LogP contribution in [0.1, 0.15) is 5.69 Å². The third kappa shape index (κ3) is 2.89. The summed E-state index contributed by atoms with van der Waals surface area (Å²) in [5.41, 5.74) is 7.73. The quantitative estimate of drug-likeness (QED) is 0.798. The van der Waals surface area contributed by atoms with Crippen molar-refractivity contribution in [2.45, 2.75) is 6.54 Å². The van der Waals surface area contributed by atoms with Crippen molar-refractivity contribution in [1.82, 2.24) is 4.98 Å². The van der Waals surface area contributed by atoms with Crippen molar-refractivity contribution in [2.75, 3.05) is 30.5 Å². The van der Waals surface area contributed by atoms with Crippen LogP contribution in [0.15, 0.2) is 18.3 Å². The summed E-state index contributed by atoms with van der Waals surface area (Å²) >= 11 is 1.84. The lowest BCUT2D eigenvalue weighted by atomic mass is 10.2. The lowest BCUT2D eigenvalue weighted by Crippen LogP contribution is -2.22. The van der Waals surface area contributed by atoms with Crippen LogP contribution < -0.4 is 10.6 Å². The molecule has 0 aliphatic heterocycles. The van der Waals surface area contributed by atoms with E-state index in [2.05, 4.69) is 29.3 Å². The molecule has 0 aromatic carbocycles. The number of pyridine rings is 1. The highest BCUT2D eigenvalue weighted by atomic mass is 32.2. The Hall–Kier alpha value is -0.740. The molecule has 0 aliphatic carbocycles. The molecule has 0 atom stereocenters. The summed E-state index contributed by atoms with van der Waals surface area (Å²) in [6.07, 6.45) is 3.90. The fourth-order valence-corrected chi connectivity index (χ4v) is 1.74. The maximum Gasteiger partial charge on any atom is 0.0772 e. The Morgan fingerprint density at radius 2 is 2.36 bits per heavy atom. The van der Waals surface area contributed by atoms with Gasteiger partial charge in [-0.05, 0) is 18.4 Å². The van der Waals surface area contributed by atoms with Crippen LogP contribution in [0.5, 0.6) is 0 Å². The van der Waals surface area contributed by atoms with E-state index in [-0.39, 0.29) is 0 Å². The highest BCUT2D eigenvalue weighted by Crippen LogP contribution is 2.16. The summed E-state index contributed by atoms with van der Waals surface area (Å²) in [5, 5.41) is 0. The molecule has 0 bridgehead atoms. The molecule has 1 heterocycles. The van der Waals surface area contributed by atoms with Gasteiger partial charge in [0.05, 0.1) is 11.4 Å². The number of anilines is 1. The normalized spacial score (nSPS) is 10.2. The minimum Gasteiger partial charge on any atom is -0.372 e. The van der Waals surface area contributed by atoms with E-state index in [1.165, 1.54) is 0 Å². The Morgan fingerprint density at radius 3 is 3.00 bits per heavy atom. The fraction of sp³-hybridized carbons (Fsp3) is 0.500. The molecule has 0 fully saturated rings. The molecule has 0 radical (unpaired) electrons. The van der Waals surface area contributed by atoms with Crippen LogP contribution in [0.3, 0.4) is 0 Å².